The zero-order chi connectivity index (χ0) is 13.7. The molecule has 1 heterocycles. The smallest absolute Gasteiger partial charge is 0.0604 e. The number of anilines is 1. The van der Waals surface area contributed by atoms with E-state index in [-0.39, 0.29) is 0 Å². The normalized spacial score (nSPS) is 10.7. The number of pyridine rings is 1. The van der Waals surface area contributed by atoms with Crippen molar-refractivity contribution in [1.29, 1.82) is 0 Å². The van der Waals surface area contributed by atoms with Crippen molar-refractivity contribution in [1.82, 2.24) is 4.98 Å². The Balaban J connectivity index is 2.19. The van der Waals surface area contributed by atoms with E-state index in [1.54, 1.807) is 0 Å². The lowest BCUT2D eigenvalue weighted by Gasteiger charge is -2.29. The first-order valence-corrected chi connectivity index (χ1v) is 6.66. The first-order valence-electron chi connectivity index (χ1n) is 6.66. The average Bonchev–Trinajstić information content (AvgIpc) is 2.46. The number of rotatable bonds is 5. The van der Waals surface area contributed by atoms with Crippen LogP contribution in [-0.4, -0.2) is 11.0 Å². The van der Waals surface area contributed by atoms with Gasteiger partial charge >= 0.3 is 0 Å². The van der Waals surface area contributed by atoms with E-state index in [0.717, 1.165) is 17.8 Å². The molecule has 19 heavy (non-hydrogen) atoms. The molecule has 0 aliphatic heterocycles. The molecule has 0 bridgehead atoms. The second-order valence-corrected chi connectivity index (χ2v) is 4.91. The van der Waals surface area contributed by atoms with Crippen LogP contribution in [0.25, 0.3) is 0 Å². The topological polar surface area (TPSA) is 42.2 Å². The highest BCUT2D eigenvalue weighted by Crippen LogP contribution is 2.20. The number of nitrogens with zero attached hydrogens (tertiary/aromatic N) is 2. The SMILES string of the molecule is CC(C)N(Cc1ccccn1)c1ccc(CN)cc1. The quantitative estimate of drug-likeness (QED) is 0.893. The van der Waals surface area contributed by atoms with Crippen LogP contribution in [0.2, 0.25) is 0 Å². The Hall–Kier alpha value is -1.87. The summed E-state index contributed by atoms with van der Waals surface area (Å²) in [5.74, 6) is 0. The molecule has 0 radical (unpaired) electrons. The second-order valence-electron chi connectivity index (χ2n) is 4.91. The summed E-state index contributed by atoms with van der Waals surface area (Å²) < 4.78 is 0. The molecule has 0 unspecified atom stereocenters. The Bertz CT molecular complexity index is 491. The Morgan fingerprint density at radius 3 is 2.37 bits per heavy atom. The molecule has 100 valence electrons. The predicted molar refractivity (Wildman–Crippen MR) is 79.9 cm³/mol. The number of benzene rings is 1. The van der Waals surface area contributed by atoms with Gasteiger partial charge in [0.1, 0.15) is 0 Å². The van der Waals surface area contributed by atoms with Crippen molar-refractivity contribution < 1.29 is 0 Å². The van der Waals surface area contributed by atoms with E-state index in [1.165, 1.54) is 5.69 Å². The van der Waals surface area contributed by atoms with Gasteiger partial charge in [-0.2, -0.15) is 0 Å². The number of nitrogens with two attached hydrogens (primary N) is 1. The summed E-state index contributed by atoms with van der Waals surface area (Å²) in [6, 6.07) is 14.9. The van der Waals surface area contributed by atoms with E-state index < -0.39 is 0 Å². The highest BCUT2D eigenvalue weighted by atomic mass is 15.2. The van der Waals surface area contributed by atoms with Crippen LogP contribution in [0, 0.1) is 0 Å². The largest absolute Gasteiger partial charge is 0.363 e. The predicted octanol–water partition coefficient (Wildman–Crippen LogP) is 2.96. The molecular weight excluding hydrogens is 234 g/mol. The van der Waals surface area contributed by atoms with Crippen molar-refractivity contribution in [3.05, 3.63) is 59.9 Å². The van der Waals surface area contributed by atoms with E-state index in [4.69, 9.17) is 5.73 Å². The molecule has 3 heteroatoms. The van der Waals surface area contributed by atoms with Gasteiger partial charge in [-0.1, -0.05) is 18.2 Å². The molecule has 3 nitrogen and oxygen atoms in total. The molecule has 0 atom stereocenters. The van der Waals surface area contributed by atoms with Crippen molar-refractivity contribution in [2.24, 2.45) is 5.73 Å². The minimum Gasteiger partial charge on any atom is -0.363 e. The van der Waals surface area contributed by atoms with Gasteiger partial charge in [-0.15, -0.1) is 0 Å². The van der Waals surface area contributed by atoms with Crippen LogP contribution in [0.5, 0.6) is 0 Å². The van der Waals surface area contributed by atoms with Gasteiger partial charge in [0, 0.05) is 24.5 Å². The van der Waals surface area contributed by atoms with E-state index in [1.807, 2.05) is 18.3 Å². The van der Waals surface area contributed by atoms with Gasteiger partial charge < -0.3 is 10.6 Å². The van der Waals surface area contributed by atoms with Crippen molar-refractivity contribution >= 4 is 5.69 Å². The lowest BCUT2D eigenvalue weighted by atomic mass is 10.1. The Labute approximate surface area is 115 Å². The van der Waals surface area contributed by atoms with E-state index in [0.29, 0.717) is 12.6 Å². The summed E-state index contributed by atoms with van der Waals surface area (Å²) in [4.78, 5) is 6.73. The minimum absolute atomic E-state index is 0.422. The van der Waals surface area contributed by atoms with Gasteiger partial charge in [0.25, 0.3) is 0 Å². The Morgan fingerprint density at radius 2 is 1.84 bits per heavy atom. The van der Waals surface area contributed by atoms with Gasteiger partial charge in [0.05, 0.1) is 12.2 Å². The summed E-state index contributed by atoms with van der Waals surface area (Å²) in [7, 11) is 0. The van der Waals surface area contributed by atoms with Crippen LogP contribution >= 0.6 is 0 Å². The van der Waals surface area contributed by atoms with E-state index in [9.17, 15) is 0 Å². The maximum Gasteiger partial charge on any atom is 0.0604 e. The molecule has 0 saturated heterocycles. The van der Waals surface area contributed by atoms with Crippen molar-refractivity contribution in [3.63, 3.8) is 0 Å². The maximum atomic E-state index is 5.64. The Kier molecular flexibility index (Phi) is 4.53. The van der Waals surface area contributed by atoms with Gasteiger partial charge in [-0.25, -0.2) is 0 Å². The van der Waals surface area contributed by atoms with Gasteiger partial charge in [0.2, 0.25) is 0 Å². The van der Waals surface area contributed by atoms with Crippen LogP contribution in [0.1, 0.15) is 25.1 Å². The zero-order valence-electron chi connectivity index (χ0n) is 11.6. The fraction of sp³-hybridized carbons (Fsp3) is 0.312. The summed E-state index contributed by atoms with van der Waals surface area (Å²) in [5, 5.41) is 0. The average molecular weight is 255 g/mol. The monoisotopic (exact) mass is 255 g/mol. The fourth-order valence-electron chi connectivity index (χ4n) is 2.06. The van der Waals surface area contributed by atoms with Crippen LogP contribution in [0.3, 0.4) is 0 Å². The van der Waals surface area contributed by atoms with Crippen molar-refractivity contribution in [2.45, 2.75) is 33.0 Å². The molecule has 0 amide bonds. The molecule has 2 rings (SSSR count). The minimum atomic E-state index is 0.422. The van der Waals surface area contributed by atoms with Crippen molar-refractivity contribution in [3.8, 4) is 0 Å². The molecule has 0 spiro atoms. The first kappa shape index (κ1) is 13.6. The van der Waals surface area contributed by atoms with E-state index in [2.05, 4.69) is 54.1 Å². The highest BCUT2D eigenvalue weighted by molar-refractivity contribution is 5.48. The molecule has 2 N–H and O–H groups in total. The van der Waals surface area contributed by atoms with Crippen molar-refractivity contribution in [2.75, 3.05) is 4.90 Å². The Morgan fingerprint density at radius 1 is 1.11 bits per heavy atom. The molecule has 0 saturated carbocycles. The lowest BCUT2D eigenvalue weighted by molar-refractivity contribution is 0.673. The lowest BCUT2D eigenvalue weighted by Crippen LogP contribution is -2.30. The second kappa shape index (κ2) is 6.34. The van der Waals surface area contributed by atoms with Gasteiger partial charge in [-0.3, -0.25) is 4.98 Å². The summed E-state index contributed by atoms with van der Waals surface area (Å²) in [5.41, 5.74) is 9.08. The molecule has 0 fully saturated rings. The van der Waals surface area contributed by atoms with E-state index >= 15 is 0 Å². The fourth-order valence-corrected chi connectivity index (χ4v) is 2.06. The van der Waals surface area contributed by atoms with Crippen LogP contribution in [0.15, 0.2) is 48.7 Å². The third-order valence-electron chi connectivity index (χ3n) is 3.19. The molecule has 1 aromatic heterocycles. The summed E-state index contributed by atoms with van der Waals surface area (Å²) in [6.07, 6.45) is 1.84. The summed E-state index contributed by atoms with van der Waals surface area (Å²) in [6.45, 7) is 5.79. The van der Waals surface area contributed by atoms with Crippen LogP contribution < -0.4 is 10.6 Å². The zero-order valence-corrected chi connectivity index (χ0v) is 11.6. The number of hydrogen-bond donors (Lipinski definition) is 1. The molecule has 0 aliphatic rings. The molecule has 0 aliphatic carbocycles. The molecular formula is C16H21N3. The van der Waals surface area contributed by atoms with Gasteiger partial charge in [0.15, 0.2) is 0 Å². The third-order valence-corrected chi connectivity index (χ3v) is 3.19. The van der Waals surface area contributed by atoms with Crippen LogP contribution in [0.4, 0.5) is 5.69 Å². The van der Waals surface area contributed by atoms with Gasteiger partial charge in [-0.05, 0) is 43.7 Å². The number of aromatic nitrogens is 1. The maximum absolute atomic E-state index is 5.64. The summed E-state index contributed by atoms with van der Waals surface area (Å²) >= 11 is 0. The third kappa shape index (κ3) is 3.55. The first-order chi connectivity index (χ1) is 9.20. The molecule has 1 aromatic carbocycles. The standard InChI is InChI=1S/C16H21N3/c1-13(2)19(12-15-5-3-4-10-18-15)16-8-6-14(11-17)7-9-16/h3-10,13H,11-12,17H2,1-2H3. The van der Waals surface area contributed by atoms with Crippen LogP contribution in [-0.2, 0) is 13.1 Å². The molecule has 2 aromatic rings. The number of hydrogen-bond acceptors (Lipinski definition) is 3. The highest BCUT2D eigenvalue weighted by Gasteiger charge is 2.11.